The molecule has 1 aliphatic heterocycles. The lowest BCUT2D eigenvalue weighted by atomic mass is 10.3. The first kappa shape index (κ1) is 15.7. The summed E-state index contributed by atoms with van der Waals surface area (Å²) in [5.41, 5.74) is 7.86. The number of aromatic nitrogens is 2. The van der Waals surface area contributed by atoms with Gasteiger partial charge in [-0.25, -0.2) is 5.14 Å². The number of nitrogens with zero attached hydrogens (tertiary/aromatic N) is 4. The Morgan fingerprint density at radius 3 is 2.24 bits per heavy atom. The fourth-order valence-corrected chi connectivity index (χ4v) is 2.96. The molecule has 10 heteroatoms. The first-order valence-electron chi connectivity index (χ1n) is 6.55. The standard InChI is InChI=1S/C11H20N6O3S/c1-8-11(12)9(2)17(14-8)7-10(18)15-3-5-16(6-4-15)21(13,19)20/h3-7,12H2,1-2H3,(H2,13,19,20). The average Bonchev–Trinajstić information content (AvgIpc) is 2.65. The molecule has 0 aromatic carbocycles. The highest BCUT2D eigenvalue weighted by Gasteiger charge is 2.26. The van der Waals surface area contributed by atoms with Gasteiger partial charge in [-0.1, -0.05) is 0 Å². The number of amides is 1. The molecule has 21 heavy (non-hydrogen) atoms. The van der Waals surface area contributed by atoms with E-state index in [-0.39, 0.29) is 25.5 Å². The summed E-state index contributed by atoms with van der Waals surface area (Å²) < 4.78 is 25.2. The molecule has 2 heterocycles. The molecule has 0 atom stereocenters. The van der Waals surface area contributed by atoms with Crippen LogP contribution in [0.1, 0.15) is 11.4 Å². The van der Waals surface area contributed by atoms with Gasteiger partial charge in [-0.15, -0.1) is 0 Å². The van der Waals surface area contributed by atoms with Gasteiger partial charge >= 0.3 is 0 Å². The van der Waals surface area contributed by atoms with E-state index in [1.807, 2.05) is 6.92 Å². The molecule has 0 radical (unpaired) electrons. The van der Waals surface area contributed by atoms with Crippen molar-refractivity contribution in [3.8, 4) is 0 Å². The van der Waals surface area contributed by atoms with Crippen molar-refractivity contribution in [2.24, 2.45) is 5.14 Å². The summed E-state index contributed by atoms with van der Waals surface area (Å²) in [7, 11) is -3.68. The van der Waals surface area contributed by atoms with Crippen molar-refractivity contribution < 1.29 is 13.2 Å². The number of nitrogens with two attached hydrogens (primary N) is 2. The summed E-state index contributed by atoms with van der Waals surface area (Å²) in [5, 5.41) is 9.28. The third-order valence-electron chi connectivity index (χ3n) is 3.67. The maximum Gasteiger partial charge on any atom is 0.277 e. The molecule has 118 valence electrons. The highest BCUT2D eigenvalue weighted by molar-refractivity contribution is 7.86. The van der Waals surface area contributed by atoms with Crippen LogP contribution in [0.25, 0.3) is 0 Å². The van der Waals surface area contributed by atoms with Crippen LogP contribution in [0.3, 0.4) is 0 Å². The maximum absolute atomic E-state index is 12.2. The number of piperazine rings is 1. The van der Waals surface area contributed by atoms with Crippen LogP contribution >= 0.6 is 0 Å². The first-order chi connectivity index (χ1) is 9.70. The minimum absolute atomic E-state index is 0.0965. The highest BCUT2D eigenvalue weighted by Crippen LogP contribution is 2.15. The molecule has 0 aliphatic carbocycles. The van der Waals surface area contributed by atoms with Gasteiger partial charge in [-0.2, -0.15) is 17.8 Å². The summed E-state index contributed by atoms with van der Waals surface area (Å²) in [4.78, 5) is 13.8. The number of carbonyl (C=O) groups excluding carboxylic acids is 1. The number of rotatable bonds is 3. The zero-order valence-corrected chi connectivity index (χ0v) is 12.9. The fraction of sp³-hybridized carbons (Fsp3) is 0.636. The van der Waals surface area contributed by atoms with Gasteiger partial charge in [0.15, 0.2) is 0 Å². The second-order valence-electron chi connectivity index (χ2n) is 5.07. The van der Waals surface area contributed by atoms with Crippen LogP contribution in [0, 0.1) is 13.8 Å². The van der Waals surface area contributed by atoms with E-state index >= 15 is 0 Å². The SMILES string of the molecule is Cc1nn(CC(=O)N2CCN(S(N)(=O)=O)CC2)c(C)c1N. The van der Waals surface area contributed by atoms with Crippen LogP contribution in [0.2, 0.25) is 0 Å². The molecule has 0 bridgehead atoms. The molecule has 1 saturated heterocycles. The maximum atomic E-state index is 12.2. The van der Waals surface area contributed by atoms with E-state index in [0.717, 1.165) is 10.00 Å². The largest absolute Gasteiger partial charge is 0.396 e. The summed E-state index contributed by atoms with van der Waals surface area (Å²) in [6, 6.07) is 0. The number of carbonyl (C=O) groups is 1. The number of nitrogen functional groups attached to an aromatic ring is 1. The van der Waals surface area contributed by atoms with Crippen LogP contribution in [-0.2, 0) is 21.5 Å². The van der Waals surface area contributed by atoms with E-state index in [4.69, 9.17) is 10.9 Å². The van der Waals surface area contributed by atoms with E-state index in [0.29, 0.717) is 24.5 Å². The van der Waals surface area contributed by atoms with Crippen LogP contribution in [-0.4, -0.2) is 59.5 Å². The molecule has 0 saturated carbocycles. The quantitative estimate of drug-likeness (QED) is 0.696. The number of hydrogen-bond acceptors (Lipinski definition) is 5. The Hall–Kier alpha value is -1.65. The molecule has 1 aromatic rings. The molecular weight excluding hydrogens is 296 g/mol. The number of aryl methyl sites for hydroxylation is 1. The lowest BCUT2D eigenvalue weighted by Gasteiger charge is -2.33. The van der Waals surface area contributed by atoms with Gasteiger partial charge in [0, 0.05) is 26.2 Å². The third kappa shape index (κ3) is 3.34. The molecule has 2 rings (SSSR count). The molecule has 0 unspecified atom stereocenters. The van der Waals surface area contributed by atoms with Gasteiger partial charge < -0.3 is 10.6 Å². The Kier molecular flexibility index (Phi) is 4.21. The molecule has 1 aliphatic rings. The minimum Gasteiger partial charge on any atom is -0.396 e. The predicted octanol–water partition coefficient (Wildman–Crippen LogP) is -1.57. The summed E-state index contributed by atoms with van der Waals surface area (Å²) in [6.45, 7) is 4.76. The molecule has 0 spiro atoms. The van der Waals surface area contributed by atoms with Gasteiger partial charge in [0.2, 0.25) is 5.91 Å². The van der Waals surface area contributed by atoms with Crippen molar-refractivity contribution in [1.82, 2.24) is 19.0 Å². The van der Waals surface area contributed by atoms with E-state index < -0.39 is 10.2 Å². The highest BCUT2D eigenvalue weighted by atomic mass is 32.2. The van der Waals surface area contributed by atoms with E-state index in [1.165, 1.54) is 0 Å². The van der Waals surface area contributed by atoms with Crippen LogP contribution in [0.4, 0.5) is 5.69 Å². The van der Waals surface area contributed by atoms with Gasteiger partial charge in [0.05, 0.1) is 17.1 Å². The van der Waals surface area contributed by atoms with Crippen molar-refractivity contribution in [2.75, 3.05) is 31.9 Å². The van der Waals surface area contributed by atoms with Gasteiger partial charge in [0.1, 0.15) is 6.54 Å². The fourth-order valence-electron chi connectivity index (χ4n) is 2.28. The lowest BCUT2D eigenvalue weighted by molar-refractivity contribution is -0.133. The van der Waals surface area contributed by atoms with Crippen LogP contribution in [0.15, 0.2) is 0 Å². The molecule has 1 amide bonds. The number of anilines is 1. The molecule has 4 N–H and O–H groups in total. The Morgan fingerprint density at radius 1 is 1.24 bits per heavy atom. The monoisotopic (exact) mass is 316 g/mol. The summed E-state index contributed by atoms with van der Waals surface area (Å²) in [6.07, 6.45) is 0. The Bertz CT molecular complexity index is 645. The van der Waals surface area contributed by atoms with Gasteiger partial charge in [-0.3, -0.25) is 9.48 Å². The lowest BCUT2D eigenvalue weighted by Crippen LogP contribution is -2.52. The Balaban J connectivity index is 1.98. The van der Waals surface area contributed by atoms with Gasteiger partial charge in [-0.05, 0) is 13.8 Å². The van der Waals surface area contributed by atoms with E-state index in [9.17, 15) is 13.2 Å². The van der Waals surface area contributed by atoms with Crippen molar-refractivity contribution in [3.05, 3.63) is 11.4 Å². The van der Waals surface area contributed by atoms with Crippen molar-refractivity contribution in [2.45, 2.75) is 20.4 Å². The van der Waals surface area contributed by atoms with E-state index in [1.54, 1.807) is 16.5 Å². The van der Waals surface area contributed by atoms with Crippen LogP contribution in [0.5, 0.6) is 0 Å². The normalized spacial score (nSPS) is 17.2. The summed E-state index contributed by atoms with van der Waals surface area (Å²) >= 11 is 0. The van der Waals surface area contributed by atoms with Gasteiger partial charge in [0.25, 0.3) is 10.2 Å². The summed E-state index contributed by atoms with van der Waals surface area (Å²) in [5.74, 6) is -0.116. The zero-order valence-electron chi connectivity index (χ0n) is 12.1. The third-order valence-corrected chi connectivity index (χ3v) is 4.76. The smallest absolute Gasteiger partial charge is 0.277 e. The molecule has 9 nitrogen and oxygen atoms in total. The Labute approximate surface area is 123 Å². The molecule has 1 fully saturated rings. The predicted molar refractivity (Wildman–Crippen MR) is 77.4 cm³/mol. The number of hydrogen-bond donors (Lipinski definition) is 2. The first-order valence-corrected chi connectivity index (χ1v) is 8.05. The van der Waals surface area contributed by atoms with Crippen LogP contribution < -0.4 is 10.9 Å². The second kappa shape index (κ2) is 5.62. The Morgan fingerprint density at radius 2 is 1.81 bits per heavy atom. The molecular formula is C11H20N6O3S. The van der Waals surface area contributed by atoms with Crippen molar-refractivity contribution in [3.63, 3.8) is 0 Å². The minimum atomic E-state index is -3.68. The molecule has 1 aromatic heterocycles. The average molecular weight is 316 g/mol. The second-order valence-corrected chi connectivity index (χ2v) is 6.61. The topological polar surface area (TPSA) is 128 Å². The van der Waals surface area contributed by atoms with E-state index in [2.05, 4.69) is 5.10 Å². The van der Waals surface area contributed by atoms with Crippen molar-refractivity contribution >= 4 is 21.8 Å². The zero-order chi connectivity index (χ0) is 15.8. The van der Waals surface area contributed by atoms with Crippen molar-refractivity contribution in [1.29, 1.82) is 0 Å².